The molecular formula is C27H30F3N7O3S. The fourth-order valence-electron chi connectivity index (χ4n) is 4.26. The maximum atomic E-state index is 13.8. The van der Waals surface area contributed by atoms with Gasteiger partial charge in [0, 0.05) is 68.8 Å². The molecule has 2 heterocycles. The van der Waals surface area contributed by atoms with Gasteiger partial charge in [0.1, 0.15) is 17.1 Å². The highest BCUT2D eigenvalue weighted by Gasteiger charge is 2.35. The van der Waals surface area contributed by atoms with Crippen LogP contribution in [0.25, 0.3) is 0 Å². The number of aromatic nitrogens is 2. The number of carbonyl (C=O) groups excluding carboxylic acids is 2. The predicted octanol–water partition coefficient (Wildman–Crippen LogP) is 4.92. The molecule has 2 amide bonds. The van der Waals surface area contributed by atoms with Gasteiger partial charge in [0.15, 0.2) is 0 Å². The van der Waals surface area contributed by atoms with Crippen molar-refractivity contribution in [1.82, 2.24) is 14.9 Å². The first-order valence-corrected chi connectivity index (χ1v) is 13.4. The Kier molecular flexibility index (Phi) is 9.42. The number of amides is 2. The van der Waals surface area contributed by atoms with E-state index < -0.39 is 17.6 Å². The molecule has 218 valence electrons. The Morgan fingerprint density at radius 3 is 2.44 bits per heavy atom. The van der Waals surface area contributed by atoms with E-state index >= 15 is 0 Å². The molecule has 0 saturated carbocycles. The van der Waals surface area contributed by atoms with Crippen LogP contribution in [0.15, 0.2) is 48.7 Å². The van der Waals surface area contributed by atoms with Gasteiger partial charge in [0.2, 0.25) is 17.8 Å². The lowest BCUT2D eigenvalue weighted by Gasteiger charge is -2.35. The number of anilines is 6. The van der Waals surface area contributed by atoms with E-state index in [0.717, 1.165) is 5.69 Å². The van der Waals surface area contributed by atoms with Gasteiger partial charge in [-0.05, 0) is 36.1 Å². The molecule has 0 aliphatic carbocycles. The van der Waals surface area contributed by atoms with E-state index in [-0.39, 0.29) is 29.9 Å². The van der Waals surface area contributed by atoms with Gasteiger partial charge in [-0.3, -0.25) is 9.59 Å². The van der Waals surface area contributed by atoms with Crippen molar-refractivity contribution in [2.24, 2.45) is 0 Å². The smallest absolute Gasteiger partial charge is 0.421 e. The molecule has 0 bridgehead atoms. The lowest BCUT2D eigenvalue weighted by atomic mass is 10.2. The van der Waals surface area contributed by atoms with E-state index in [1.807, 2.05) is 12.1 Å². The first-order chi connectivity index (χ1) is 19.6. The Bertz CT molecular complexity index is 1400. The highest BCUT2D eigenvalue weighted by molar-refractivity contribution is 7.80. The third-order valence-electron chi connectivity index (χ3n) is 6.36. The molecule has 4 rings (SSSR count). The van der Waals surface area contributed by atoms with Crippen molar-refractivity contribution in [3.05, 3.63) is 54.2 Å². The number of benzene rings is 2. The number of hydrogen-bond donors (Lipinski definition) is 4. The van der Waals surface area contributed by atoms with Crippen molar-refractivity contribution in [1.29, 1.82) is 0 Å². The number of hydrogen-bond acceptors (Lipinski definition) is 9. The van der Waals surface area contributed by atoms with E-state index in [9.17, 15) is 22.8 Å². The lowest BCUT2D eigenvalue weighted by molar-refractivity contribution is -0.137. The number of alkyl halides is 3. The Morgan fingerprint density at radius 2 is 1.78 bits per heavy atom. The second kappa shape index (κ2) is 13.0. The molecule has 3 aromatic rings. The van der Waals surface area contributed by atoms with Gasteiger partial charge in [0.05, 0.1) is 12.8 Å². The molecule has 1 aliphatic heterocycles. The number of rotatable bonds is 9. The van der Waals surface area contributed by atoms with Crippen molar-refractivity contribution >= 4 is 59.0 Å². The predicted molar refractivity (Wildman–Crippen MR) is 155 cm³/mol. The maximum absolute atomic E-state index is 13.8. The molecule has 1 saturated heterocycles. The van der Waals surface area contributed by atoms with Crippen molar-refractivity contribution < 1.29 is 27.5 Å². The number of halogens is 3. The van der Waals surface area contributed by atoms with Crippen molar-refractivity contribution in [3.8, 4) is 5.75 Å². The molecule has 2 aromatic carbocycles. The van der Waals surface area contributed by atoms with Crippen molar-refractivity contribution in [3.63, 3.8) is 0 Å². The van der Waals surface area contributed by atoms with E-state index in [0.29, 0.717) is 55.3 Å². The molecule has 1 aliphatic rings. The molecule has 41 heavy (non-hydrogen) atoms. The minimum Gasteiger partial charge on any atom is -0.494 e. The van der Waals surface area contributed by atoms with E-state index in [2.05, 4.69) is 43.4 Å². The number of thiol groups is 1. The van der Waals surface area contributed by atoms with Crippen LogP contribution in [0.2, 0.25) is 0 Å². The van der Waals surface area contributed by atoms with Gasteiger partial charge in [0.25, 0.3) is 0 Å². The molecule has 1 aromatic heterocycles. The summed E-state index contributed by atoms with van der Waals surface area (Å²) >= 11 is 4.03. The number of methoxy groups -OCH3 is 1. The molecular weight excluding hydrogens is 559 g/mol. The summed E-state index contributed by atoms with van der Waals surface area (Å²) in [6.45, 7) is 4.08. The van der Waals surface area contributed by atoms with E-state index in [1.165, 1.54) is 13.2 Å². The first kappa shape index (κ1) is 29.8. The van der Waals surface area contributed by atoms with Crippen LogP contribution >= 0.6 is 12.6 Å². The van der Waals surface area contributed by atoms with E-state index in [1.54, 1.807) is 36.1 Å². The van der Waals surface area contributed by atoms with Gasteiger partial charge >= 0.3 is 6.18 Å². The zero-order valence-corrected chi connectivity index (χ0v) is 23.4. The lowest BCUT2D eigenvalue weighted by Crippen LogP contribution is -2.48. The van der Waals surface area contributed by atoms with Crippen LogP contribution in [0.1, 0.15) is 18.9 Å². The molecule has 0 spiro atoms. The van der Waals surface area contributed by atoms with Crippen LogP contribution < -0.4 is 25.6 Å². The summed E-state index contributed by atoms with van der Waals surface area (Å²) in [5.41, 5.74) is 0.983. The maximum Gasteiger partial charge on any atom is 0.421 e. The standard InChI is InChI=1S/C27H30F3N7O3S/c1-17(38)36-9-11-37(12-10-36)20-6-7-22(23(15-20)40-2)34-26-31-16-21(27(28,29)30)25(35-26)33-19-5-3-4-18(14-19)32-24(39)8-13-41/h3-7,14-16,41H,8-13H2,1-2H3,(H,32,39)(H2,31,33,34,35). The largest absolute Gasteiger partial charge is 0.494 e. The second-order valence-corrected chi connectivity index (χ2v) is 9.63. The number of piperazine rings is 1. The fourth-order valence-corrected chi connectivity index (χ4v) is 4.46. The normalized spacial score (nSPS) is 13.5. The average Bonchev–Trinajstić information content (AvgIpc) is 2.93. The third-order valence-corrected chi connectivity index (χ3v) is 6.59. The molecule has 0 unspecified atom stereocenters. The van der Waals surface area contributed by atoms with Crippen molar-refractivity contribution in [2.45, 2.75) is 19.5 Å². The van der Waals surface area contributed by atoms with Crippen LogP contribution in [-0.2, 0) is 15.8 Å². The summed E-state index contributed by atoms with van der Waals surface area (Å²) in [7, 11) is 1.49. The van der Waals surface area contributed by atoms with Gasteiger partial charge < -0.3 is 30.5 Å². The number of nitrogens with one attached hydrogen (secondary N) is 3. The Morgan fingerprint density at radius 1 is 1.05 bits per heavy atom. The zero-order valence-electron chi connectivity index (χ0n) is 22.5. The van der Waals surface area contributed by atoms with Gasteiger partial charge in [-0.1, -0.05) is 6.07 Å². The second-order valence-electron chi connectivity index (χ2n) is 9.18. The number of carbonyl (C=O) groups is 2. The van der Waals surface area contributed by atoms with Crippen LogP contribution in [-0.4, -0.2) is 65.7 Å². The van der Waals surface area contributed by atoms with Crippen LogP contribution in [0, 0.1) is 0 Å². The quantitative estimate of drug-likeness (QED) is 0.261. The highest BCUT2D eigenvalue weighted by Crippen LogP contribution is 2.37. The fraction of sp³-hybridized carbons (Fsp3) is 0.333. The summed E-state index contributed by atoms with van der Waals surface area (Å²) in [5, 5.41) is 8.32. The zero-order chi connectivity index (χ0) is 29.6. The molecule has 0 radical (unpaired) electrons. The summed E-state index contributed by atoms with van der Waals surface area (Å²) in [6, 6.07) is 11.7. The molecule has 0 atom stereocenters. The highest BCUT2D eigenvalue weighted by atomic mass is 32.1. The summed E-state index contributed by atoms with van der Waals surface area (Å²) in [5.74, 6) is 0.0313. The summed E-state index contributed by atoms with van der Waals surface area (Å²) < 4.78 is 46.9. The molecule has 1 fully saturated rings. The Labute approximate surface area is 240 Å². The minimum absolute atomic E-state index is 0.0379. The topological polar surface area (TPSA) is 112 Å². The van der Waals surface area contributed by atoms with E-state index in [4.69, 9.17) is 4.74 Å². The Balaban J connectivity index is 1.55. The van der Waals surface area contributed by atoms with Crippen molar-refractivity contribution in [2.75, 3.05) is 59.9 Å². The van der Waals surface area contributed by atoms with Gasteiger partial charge in [-0.15, -0.1) is 0 Å². The monoisotopic (exact) mass is 589 g/mol. The molecule has 14 heteroatoms. The van der Waals surface area contributed by atoms with Crippen LogP contribution in [0.3, 0.4) is 0 Å². The SMILES string of the molecule is COc1cc(N2CCN(C(C)=O)CC2)ccc1Nc1ncc(C(F)(F)F)c(Nc2cccc(NC(=O)CCS)c2)n1. The third kappa shape index (κ3) is 7.72. The average molecular weight is 590 g/mol. The minimum atomic E-state index is -4.72. The number of ether oxygens (including phenoxy) is 1. The summed E-state index contributed by atoms with van der Waals surface area (Å²) in [6.07, 6.45) is -3.82. The van der Waals surface area contributed by atoms with Crippen LogP contribution in [0.5, 0.6) is 5.75 Å². The molecule has 10 nitrogen and oxygen atoms in total. The molecule has 3 N–H and O–H groups in total. The van der Waals surface area contributed by atoms with Gasteiger partial charge in [-0.2, -0.15) is 30.8 Å². The van der Waals surface area contributed by atoms with Gasteiger partial charge in [-0.25, -0.2) is 4.98 Å². The number of nitrogens with zero attached hydrogens (tertiary/aromatic N) is 4. The first-order valence-electron chi connectivity index (χ1n) is 12.7. The summed E-state index contributed by atoms with van der Waals surface area (Å²) in [4.78, 5) is 35.4. The Hall–Kier alpha value is -4.20. The van der Waals surface area contributed by atoms with Crippen LogP contribution in [0.4, 0.5) is 47.7 Å².